The lowest BCUT2D eigenvalue weighted by molar-refractivity contribution is 0.0939. The fourth-order valence-electron chi connectivity index (χ4n) is 2.78. The molecule has 29 heavy (non-hydrogen) atoms. The first-order valence-corrected chi connectivity index (χ1v) is 10.0. The molecule has 3 N–H and O–H groups in total. The lowest BCUT2D eigenvalue weighted by Gasteiger charge is -2.14. The number of aryl methyl sites for hydroxylation is 1. The fraction of sp³-hybridized carbons (Fsp3) is 0.391. The highest BCUT2D eigenvalue weighted by Crippen LogP contribution is 2.06. The van der Waals surface area contributed by atoms with Crippen LogP contribution in [0.15, 0.2) is 59.6 Å². The van der Waals surface area contributed by atoms with Gasteiger partial charge in [0, 0.05) is 31.7 Å². The van der Waals surface area contributed by atoms with Crippen molar-refractivity contribution in [3.63, 3.8) is 0 Å². The Morgan fingerprint density at radius 3 is 2.45 bits per heavy atom. The molecule has 0 aliphatic rings. The molecule has 0 heterocycles. The van der Waals surface area contributed by atoms with E-state index in [2.05, 4.69) is 52.1 Å². The Hall–Kier alpha value is -2.09. The summed E-state index contributed by atoms with van der Waals surface area (Å²) in [5, 5.41) is 9.65. The monoisotopic (exact) mass is 508 g/mol. The van der Waals surface area contributed by atoms with Gasteiger partial charge in [0.1, 0.15) is 0 Å². The van der Waals surface area contributed by atoms with E-state index in [0.717, 1.165) is 37.3 Å². The van der Waals surface area contributed by atoms with Gasteiger partial charge in [-0.05, 0) is 49.4 Å². The zero-order chi connectivity index (χ0) is 20.2. The van der Waals surface area contributed by atoms with Gasteiger partial charge in [0.15, 0.2) is 5.96 Å². The molecule has 2 aromatic carbocycles. The van der Waals surface area contributed by atoms with Crippen LogP contribution in [0.4, 0.5) is 0 Å². The van der Waals surface area contributed by atoms with Crippen LogP contribution in [-0.2, 0) is 13.0 Å². The lowest BCUT2D eigenvalue weighted by atomic mass is 10.1. The molecule has 6 heteroatoms. The number of aliphatic imine (C=N–C) groups is 1. The summed E-state index contributed by atoms with van der Waals surface area (Å²) < 4.78 is 0. The number of hydrogen-bond donors (Lipinski definition) is 3. The number of hydrogen-bond acceptors (Lipinski definition) is 2. The lowest BCUT2D eigenvalue weighted by Crippen LogP contribution is -2.37. The van der Waals surface area contributed by atoms with Crippen molar-refractivity contribution in [2.75, 3.05) is 13.6 Å². The van der Waals surface area contributed by atoms with Gasteiger partial charge in [-0.1, -0.05) is 49.4 Å². The van der Waals surface area contributed by atoms with Crippen LogP contribution in [0, 0.1) is 0 Å². The van der Waals surface area contributed by atoms with Crippen LogP contribution in [0.1, 0.15) is 48.2 Å². The summed E-state index contributed by atoms with van der Waals surface area (Å²) in [5.74, 6) is 0.738. The SMILES string of the molecule is CCC(C)NC(=O)c1cccc(CNC(=NC)NCCCc2ccccc2)c1.I. The van der Waals surface area contributed by atoms with E-state index in [1.54, 1.807) is 7.05 Å². The zero-order valence-corrected chi connectivity index (χ0v) is 19.9. The van der Waals surface area contributed by atoms with Gasteiger partial charge in [0.05, 0.1) is 0 Å². The van der Waals surface area contributed by atoms with Crippen LogP contribution in [0.5, 0.6) is 0 Å². The second kappa shape index (κ2) is 14.0. The second-order valence-electron chi connectivity index (χ2n) is 6.92. The summed E-state index contributed by atoms with van der Waals surface area (Å²) in [6.45, 7) is 5.54. The molecule has 5 nitrogen and oxygen atoms in total. The standard InChI is InChI=1S/C23H32N4O.HI/c1-4-18(2)27-22(28)21-14-8-12-20(16-21)17-26-23(24-3)25-15-9-13-19-10-6-5-7-11-19;/h5-8,10-12,14,16,18H,4,9,13,15,17H2,1-3H3,(H,27,28)(H2,24,25,26);1H. The number of carbonyl (C=O) groups is 1. The summed E-state index contributed by atoms with van der Waals surface area (Å²) in [6.07, 6.45) is 2.99. The summed E-state index contributed by atoms with van der Waals surface area (Å²) in [4.78, 5) is 16.6. The van der Waals surface area contributed by atoms with Crippen molar-refractivity contribution in [3.8, 4) is 0 Å². The van der Waals surface area contributed by atoms with Crippen LogP contribution in [0.25, 0.3) is 0 Å². The van der Waals surface area contributed by atoms with E-state index in [9.17, 15) is 4.79 Å². The third kappa shape index (κ3) is 9.30. The van der Waals surface area contributed by atoms with Gasteiger partial charge in [-0.25, -0.2) is 0 Å². The molecule has 0 aromatic heterocycles. The fourth-order valence-corrected chi connectivity index (χ4v) is 2.78. The van der Waals surface area contributed by atoms with Gasteiger partial charge in [-0.15, -0.1) is 24.0 Å². The number of nitrogens with one attached hydrogen (secondary N) is 3. The molecule has 2 aromatic rings. The third-order valence-electron chi connectivity index (χ3n) is 4.64. The third-order valence-corrected chi connectivity index (χ3v) is 4.64. The summed E-state index contributed by atoms with van der Waals surface area (Å²) in [7, 11) is 1.77. The first-order valence-electron chi connectivity index (χ1n) is 10.0. The van der Waals surface area contributed by atoms with Crippen LogP contribution >= 0.6 is 24.0 Å². The zero-order valence-electron chi connectivity index (χ0n) is 17.6. The average molecular weight is 508 g/mol. The Morgan fingerprint density at radius 1 is 1.03 bits per heavy atom. The second-order valence-corrected chi connectivity index (χ2v) is 6.92. The normalized spacial score (nSPS) is 11.9. The van der Waals surface area contributed by atoms with Crippen LogP contribution in [0.2, 0.25) is 0 Å². The molecule has 1 atom stereocenters. The summed E-state index contributed by atoms with van der Waals surface area (Å²) in [6, 6.07) is 18.3. The quantitative estimate of drug-likeness (QED) is 0.207. The maximum atomic E-state index is 12.3. The van der Waals surface area contributed by atoms with E-state index in [1.165, 1.54) is 5.56 Å². The molecule has 0 spiro atoms. The molecular weight excluding hydrogens is 475 g/mol. The Labute approximate surface area is 191 Å². The van der Waals surface area contributed by atoms with Crippen molar-refractivity contribution in [2.24, 2.45) is 4.99 Å². The minimum atomic E-state index is -0.0281. The maximum Gasteiger partial charge on any atom is 0.251 e. The maximum absolute atomic E-state index is 12.3. The minimum Gasteiger partial charge on any atom is -0.356 e. The highest BCUT2D eigenvalue weighted by Gasteiger charge is 2.09. The number of carbonyl (C=O) groups excluding carboxylic acids is 1. The largest absolute Gasteiger partial charge is 0.356 e. The Morgan fingerprint density at radius 2 is 1.76 bits per heavy atom. The van der Waals surface area contributed by atoms with Gasteiger partial charge >= 0.3 is 0 Å². The molecule has 0 bridgehead atoms. The number of rotatable bonds is 9. The molecule has 0 fully saturated rings. The predicted octanol–water partition coefficient (Wildman–Crippen LogP) is 4.13. The molecule has 0 saturated carbocycles. The molecular formula is C23H33IN4O. The molecule has 0 saturated heterocycles. The molecule has 2 rings (SSSR count). The van der Waals surface area contributed by atoms with E-state index < -0.39 is 0 Å². The van der Waals surface area contributed by atoms with Gasteiger partial charge in [-0.3, -0.25) is 9.79 Å². The predicted molar refractivity (Wildman–Crippen MR) is 132 cm³/mol. The number of guanidine groups is 1. The van der Waals surface area contributed by atoms with Crippen molar-refractivity contribution >= 4 is 35.8 Å². The number of amides is 1. The highest BCUT2D eigenvalue weighted by atomic mass is 127. The molecule has 1 unspecified atom stereocenters. The highest BCUT2D eigenvalue weighted by molar-refractivity contribution is 14.0. The van der Waals surface area contributed by atoms with Gasteiger partial charge in [0.25, 0.3) is 5.91 Å². The molecule has 0 radical (unpaired) electrons. The van der Waals surface area contributed by atoms with Crippen LogP contribution in [0.3, 0.4) is 0 Å². The first kappa shape index (κ1) is 24.9. The van der Waals surface area contributed by atoms with Gasteiger partial charge in [-0.2, -0.15) is 0 Å². The minimum absolute atomic E-state index is 0. The summed E-state index contributed by atoms with van der Waals surface area (Å²) in [5.41, 5.74) is 3.08. The molecule has 0 aliphatic carbocycles. The van der Waals surface area contributed by atoms with Gasteiger partial charge < -0.3 is 16.0 Å². The summed E-state index contributed by atoms with van der Waals surface area (Å²) >= 11 is 0. The van der Waals surface area contributed by atoms with Crippen LogP contribution in [-0.4, -0.2) is 31.5 Å². The molecule has 1 amide bonds. The van der Waals surface area contributed by atoms with E-state index in [-0.39, 0.29) is 35.9 Å². The van der Waals surface area contributed by atoms with Crippen molar-refractivity contribution in [1.29, 1.82) is 0 Å². The Bertz CT molecular complexity index is 764. The van der Waals surface area contributed by atoms with E-state index >= 15 is 0 Å². The van der Waals surface area contributed by atoms with Gasteiger partial charge in [0.2, 0.25) is 0 Å². The number of benzene rings is 2. The Balaban J connectivity index is 0.00000420. The van der Waals surface area contributed by atoms with E-state index in [4.69, 9.17) is 0 Å². The van der Waals surface area contributed by atoms with Crippen molar-refractivity contribution in [3.05, 3.63) is 71.3 Å². The van der Waals surface area contributed by atoms with Crippen molar-refractivity contribution < 1.29 is 4.79 Å². The van der Waals surface area contributed by atoms with E-state index in [1.807, 2.05) is 37.3 Å². The molecule has 0 aliphatic heterocycles. The first-order chi connectivity index (χ1) is 13.6. The Kier molecular flexibility index (Phi) is 12.0. The average Bonchev–Trinajstić information content (AvgIpc) is 2.74. The van der Waals surface area contributed by atoms with Crippen molar-refractivity contribution in [1.82, 2.24) is 16.0 Å². The topological polar surface area (TPSA) is 65.5 Å². The van der Waals surface area contributed by atoms with Crippen molar-refractivity contribution in [2.45, 2.75) is 45.7 Å². The van der Waals surface area contributed by atoms with E-state index in [0.29, 0.717) is 12.1 Å². The smallest absolute Gasteiger partial charge is 0.251 e. The number of halogens is 1. The number of nitrogens with zero attached hydrogens (tertiary/aromatic N) is 1. The molecule has 158 valence electrons. The van der Waals surface area contributed by atoms with Crippen LogP contribution < -0.4 is 16.0 Å².